The first-order valence-corrected chi connectivity index (χ1v) is 8.06. The van der Waals surface area contributed by atoms with Gasteiger partial charge in [-0.15, -0.1) is 0 Å². The van der Waals surface area contributed by atoms with Crippen molar-refractivity contribution in [2.24, 2.45) is 0 Å². The van der Waals surface area contributed by atoms with Crippen molar-refractivity contribution in [3.63, 3.8) is 0 Å². The van der Waals surface area contributed by atoms with Crippen molar-refractivity contribution >= 4 is 5.69 Å². The number of unbranched alkanes of at least 4 members (excludes halogenated alkanes) is 1. The van der Waals surface area contributed by atoms with Crippen molar-refractivity contribution in [2.75, 3.05) is 18.4 Å². The molecule has 0 spiro atoms. The molecule has 1 atom stereocenters. The van der Waals surface area contributed by atoms with Crippen LogP contribution in [0.4, 0.5) is 5.69 Å². The molecule has 0 aliphatic rings. The molecule has 116 valence electrons. The third-order valence-electron chi connectivity index (χ3n) is 3.69. The van der Waals surface area contributed by atoms with Gasteiger partial charge in [0.2, 0.25) is 0 Å². The average molecular weight is 294 g/mol. The fourth-order valence-electron chi connectivity index (χ4n) is 2.42. The lowest BCUT2D eigenvalue weighted by Crippen LogP contribution is -2.24. The van der Waals surface area contributed by atoms with Crippen LogP contribution in [0.25, 0.3) is 0 Å². The van der Waals surface area contributed by atoms with E-state index >= 15 is 0 Å². The Balaban J connectivity index is 2.06. The van der Waals surface area contributed by atoms with Crippen molar-refractivity contribution in [1.82, 2.24) is 5.32 Å². The second-order valence-electron chi connectivity index (χ2n) is 5.54. The summed E-state index contributed by atoms with van der Waals surface area (Å²) in [7, 11) is 0. The van der Waals surface area contributed by atoms with E-state index < -0.39 is 0 Å². The number of hydrogen-bond donors (Lipinski definition) is 2. The zero-order chi connectivity index (χ0) is 15.6. The van der Waals surface area contributed by atoms with E-state index in [9.17, 15) is 0 Å². The van der Waals surface area contributed by atoms with Crippen molar-refractivity contribution in [2.45, 2.75) is 25.8 Å². The maximum absolute atomic E-state index is 4.30. The highest BCUT2D eigenvalue weighted by Gasteiger charge is 2.14. The third-order valence-corrected chi connectivity index (χ3v) is 3.69. The van der Waals surface area contributed by atoms with E-state index in [1.54, 1.807) is 0 Å². The molecule has 0 fully saturated rings. The molecule has 0 amide bonds. The Kier molecular flexibility index (Phi) is 6.72. The fraction of sp³-hybridized carbons (Fsp3) is 0.300. The molecule has 22 heavy (non-hydrogen) atoms. The second-order valence-corrected chi connectivity index (χ2v) is 5.54. The van der Waals surface area contributed by atoms with Gasteiger partial charge in [0.1, 0.15) is 0 Å². The summed E-state index contributed by atoms with van der Waals surface area (Å²) in [5.74, 6) is 0. The van der Waals surface area contributed by atoms with Crippen LogP contribution in [0.5, 0.6) is 0 Å². The number of para-hydroxylation sites is 1. The molecule has 0 heterocycles. The zero-order valence-electron chi connectivity index (χ0n) is 13.4. The van der Waals surface area contributed by atoms with Gasteiger partial charge < -0.3 is 10.6 Å². The molecule has 2 heteroatoms. The number of benzene rings is 2. The highest BCUT2D eigenvalue weighted by atomic mass is 14.9. The van der Waals surface area contributed by atoms with Gasteiger partial charge >= 0.3 is 0 Å². The Hall–Kier alpha value is -2.06. The molecule has 2 rings (SSSR count). The summed E-state index contributed by atoms with van der Waals surface area (Å²) in [6, 6.07) is 20.9. The molecule has 0 saturated carbocycles. The fourth-order valence-corrected chi connectivity index (χ4v) is 2.42. The number of rotatable bonds is 9. The normalized spacial score (nSPS) is 11.9. The summed E-state index contributed by atoms with van der Waals surface area (Å²) in [5.41, 5.74) is 3.52. The van der Waals surface area contributed by atoms with E-state index in [2.05, 4.69) is 60.5 Å². The maximum Gasteiger partial charge on any atom is 0.0737 e. The largest absolute Gasteiger partial charge is 0.374 e. The number of nitrogens with one attached hydrogen (secondary N) is 2. The first-order valence-electron chi connectivity index (χ1n) is 8.06. The van der Waals surface area contributed by atoms with Crippen LogP contribution in [0, 0.1) is 0 Å². The van der Waals surface area contributed by atoms with Gasteiger partial charge in [-0.2, -0.15) is 0 Å². The smallest absolute Gasteiger partial charge is 0.0737 e. The van der Waals surface area contributed by atoms with Gasteiger partial charge in [0, 0.05) is 12.2 Å². The van der Waals surface area contributed by atoms with Crippen LogP contribution in [0.2, 0.25) is 0 Å². The Bertz CT molecular complexity index is 548. The molecule has 1 unspecified atom stereocenters. The van der Waals surface area contributed by atoms with Crippen molar-refractivity contribution in [1.29, 1.82) is 0 Å². The molecule has 0 radical (unpaired) electrons. The molecular weight excluding hydrogens is 268 g/mol. The molecule has 0 aromatic heterocycles. The molecule has 2 aromatic carbocycles. The summed E-state index contributed by atoms with van der Waals surface area (Å²) in [4.78, 5) is 0. The monoisotopic (exact) mass is 294 g/mol. The van der Waals surface area contributed by atoms with Gasteiger partial charge in [-0.3, -0.25) is 0 Å². The van der Waals surface area contributed by atoms with Crippen LogP contribution in [-0.4, -0.2) is 13.1 Å². The lowest BCUT2D eigenvalue weighted by molar-refractivity contribution is 0.656. The predicted octanol–water partition coefficient (Wildman–Crippen LogP) is 4.79. The standard InChI is InChI=1S/C20H26N2/c1-3-4-15-21-16-17(2)20(18-11-7-5-8-12-18)22-19-13-9-6-10-14-19/h5-14,20-22H,2-4,15-16H2,1H3. The van der Waals surface area contributed by atoms with E-state index in [0.29, 0.717) is 0 Å². The highest BCUT2D eigenvalue weighted by molar-refractivity contribution is 5.48. The van der Waals surface area contributed by atoms with Crippen molar-refractivity contribution < 1.29 is 0 Å². The molecular formula is C20H26N2. The molecule has 0 bridgehead atoms. The average Bonchev–Trinajstić information content (AvgIpc) is 2.58. The van der Waals surface area contributed by atoms with Gasteiger partial charge in [-0.1, -0.05) is 68.5 Å². The van der Waals surface area contributed by atoms with Crippen molar-refractivity contribution in [3.8, 4) is 0 Å². The topological polar surface area (TPSA) is 24.1 Å². The van der Waals surface area contributed by atoms with Gasteiger partial charge in [-0.25, -0.2) is 0 Å². The molecule has 0 saturated heterocycles. The number of anilines is 1. The Morgan fingerprint density at radius 2 is 1.64 bits per heavy atom. The predicted molar refractivity (Wildman–Crippen MR) is 96.2 cm³/mol. The van der Waals surface area contributed by atoms with Crippen LogP contribution in [0.1, 0.15) is 31.4 Å². The van der Waals surface area contributed by atoms with Crippen LogP contribution >= 0.6 is 0 Å². The van der Waals surface area contributed by atoms with E-state index in [1.807, 2.05) is 24.3 Å². The van der Waals surface area contributed by atoms with Crippen LogP contribution in [-0.2, 0) is 0 Å². The lowest BCUT2D eigenvalue weighted by Gasteiger charge is -2.23. The van der Waals surface area contributed by atoms with Gasteiger partial charge in [-0.05, 0) is 36.2 Å². The Morgan fingerprint density at radius 3 is 2.27 bits per heavy atom. The summed E-state index contributed by atoms with van der Waals surface area (Å²) < 4.78 is 0. The molecule has 0 aliphatic carbocycles. The third kappa shape index (κ3) is 5.05. The first-order chi connectivity index (χ1) is 10.8. The summed E-state index contributed by atoms with van der Waals surface area (Å²) in [6.45, 7) is 8.39. The van der Waals surface area contributed by atoms with Crippen LogP contribution in [0.3, 0.4) is 0 Å². The molecule has 2 N–H and O–H groups in total. The minimum Gasteiger partial charge on any atom is -0.374 e. The maximum atomic E-state index is 4.30. The second kappa shape index (κ2) is 9.06. The van der Waals surface area contributed by atoms with E-state index in [4.69, 9.17) is 0 Å². The van der Waals surface area contributed by atoms with Crippen LogP contribution in [0.15, 0.2) is 72.8 Å². The SMILES string of the molecule is C=C(CNCCCC)C(Nc1ccccc1)c1ccccc1. The highest BCUT2D eigenvalue weighted by Crippen LogP contribution is 2.25. The summed E-state index contributed by atoms with van der Waals surface area (Å²) in [6.07, 6.45) is 2.42. The Labute approximate surface area is 134 Å². The minimum absolute atomic E-state index is 0.123. The van der Waals surface area contributed by atoms with E-state index in [-0.39, 0.29) is 6.04 Å². The van der Waals surface area contributed by atoms with Gasteiger partial charge in [0.15, 0.2) is 0 Å². The van der Waals surface area contributed by atoms with Crippen molar-refractivity contribution in [3.05, 3.63) is 78.4 Å². The Morgan fingerprint density at radius 1 is 1.00 bits per heavy atom. The van der Waals surface area contributed by atoms with Crippen LogP contribution < -0.4 is 10.6 Å². The van der Waals surface area contributed by atoms with Gasteiger partial charge in [0.05, 0.1) is 6.04 Å². The van der Waals surface area contributed by atoms with E-state index in [1.165, 1.54) is 18.4 Å². The molecule has 0 aliphatic heterocycles. The summed E-state index contributed by atoms with van der Waals surface area (Å²) >= 11 is 0. The lowest BCUT2D eigenvalue weighted by atomic mass is 9.99. The number of hydrogen-bond acceptors (Lipinski definition) is 2. The quantitative estimate of drug-likeness (QED) is 0.513. The zero-order valence-corrected chi connectivity index (χ0v) is 13.4. The first kappa shape index (κ1) is 16.3. The minimum atomic E-state index is 0.123. The van der Waals surface area contributed by atoms with E-state index in [0.717, 1.165) is 24.4 Å². The molecule has 2 aromatic rings. The van der Waals surface area contributed by atoms with Gasteiger partial charge in [0.25, 0.3) is 0 Å². The molecule has 2 nitrogen and oxygen atoms in total. The summed E-state index contributed by atoms with van der Waals surface area (Å²) in [5, 5.41) is 7.08.